The predicted molar refractivity (Wildman–Crippen MR) is 101 cm³/mol. The van der Waals surface area contributed by atoms with Gasteiger partial charge < -0.3 is 19.0 Å². The van der Waals surface area contributed by atoms with Crippen LogP contribution >= 0.6 is 0 Å². The van der Waals surface area contributed by atoms with Gasteiger partial charge in [0.05, 0.1) is 18.5 Å². The molecule has 1 unspecified atom stereocenters. The largest absolute Gasteiger partial charge is 0.476 e. The predicted octanol–water partition coefficient (Wildman–Crippen LogP) is 3.10. The summed E-state index contributed by atoms with van der Waals surface area (Å²) < 4.78 is 11.2. The number of hydrogen-bond acceptors (Lipinski definition) is 4. The van der Waals surface area contributed by atoms with E-state index in [1.165, 1.54) is 6.08 Å². The molecule has 0 bridgehead atoms. The summed E-state index contributed by atoms with van der Waals surface area (Å²) >= 11 is 0. The first kappa shape index (κ1) is 17.4. The Kier molecular flexibility index (Phi) is 4.96. The highest BCUT2D eigenvalue weighted by molar-refractivity contribution is 6.05. The Morgan fingerprint density at radius 1 is 1.04 bits per heavy atom. The third kappa shape index (κ3) is 3.74. The van der Waals surface area contributed by atoms with Gasteiger partial charge in [0.25, 0.3) is 11.8 Å². The second kappa shape index (κ2) is 7.70. The van der Waals surface area contributed by atoms with Crippen LogP contribution in [0.2, 0.25) is 0 Å². The summed E-state index contributed by atoms with van der Waals surface area (Å²) in [6.45, 7) is 1.72. The minimum atomic E-state index is -0.682. The van der Waals surface area contributed by atoms with Gasteiger partial charge in [0.1, 0.15) is 11.5 Å². The molecule has 0 N–H and O–H groups in total. The number of carbonyl (C=O) groups is 2. The lowest BCUT2D eigenvalue weighted by molar-refractivity contribution is -0.139. The molecular formula is C21H22N2O4. The molecule has 0 saturated carbocycles. The van der Waals surface area contributed by atoms with Crippen molar-refractivity contribution in [1.82, 2.24) is 4.90 Å². The highest BCUT2D eigenvalue weighted by atomic mass is 16.5. The number of amides is 2. The van der Waals surface area contributed by atoms with Crippen LogP contribution in [0.5, 0.6) is 5.75 Å². The summed E-state index contributed by atoms with van der Waals surface area (Å²) in [6.07, 6.45) is 7.15. The van der Waals surface area contributed by atoms with Crippen molar-refractivity contribution in [3.8, 4) is 5.75 Å². The molecular weight excluding hydrogens is 344 g/mol. The van der Waals surface area contributed by atoms with Crippen LogP contribution in [0.25, 0.3) is 6.08 Å². The number of hydrogen-bond donors (Lipinski definition) is 0. The van der Waals surface area contributed by atoms with Crippen LogP contribution in [-0.2, 0) is 9.59 Å². The van der Waals surface area contributed by atoms with Gasteiger partial charge in [-0.15, -0.1) is 0 Å². The fourth-order valence-electron chi connectivity index (χ4n) is 3.52. The zero-order valence-corrected chi connectivity index (χ0v) is 15.0. The Morgan fingerprint density at radius 2 is 1.85 bits per heavy atom. The van der Waals surface area contributed by atoms with E-state index in [-0.39, 0.29) is 18.4 Å². The van der Waals surface area contributed by atoms with Gasteiger partial charge in [-0.1, -0.05) is 12.1 Å². The van der Waals surface area contributed by atoms with Crippen LogP contribution in [0.3, 0.4) is 0 Å². The zero-order valence-electron chi connectivity index (χ0n) is 15.0. The molecule has 1 aromatic carbocycles. The molecule has 27 heavy (non-hydrogen) atoms. The Balaban J connectivity index is 1.56. The smallest absolute Gasteiger partial charge is 0.265 e. The zero-order chi connectivity index (χ0) is 18.6. The van der Waals surface area contributed by atoms with Gasteiger partial charge in [-0.2, -0.15) is 0 Å². The Labute approximate surface area is 158 Å². The Bertz CT molecular complexity index is 838. The number of piperidine rings is 1. The van der Waals surface area contributed by atoms with Crippen molar-refractivity contribution in [3.63, 3.8) is 0 Å². The van der Waals surface area contributed by atoms with E-state index >= 15 is 0 Å². The monoisotopic (exact) mass is 366 g/mol. The number of anilines is 1. The molecule has 2 aliphatic heterocycles. The fraction of sp³-hybridized carbons (Fsp3) is 0.333. The number of rotatable bonds is 3. The third-order valence-electron chi connectivity index (χ3n) is 4.92. The molecule has 4 rings (SSSR count). The molecule has 6 heteroatoms. The number of para-hydroxylation sites is 2. The summed E-state index contributed by atoms with van der Waals surface area (Å²) in [5, 5.41) is 0. The van der Waals surface area contributed by atoms with E-state index in [9.17, 15) is 9.59 Å². The molecule has 2 aromatic rings. The summed E-state index contributed by atoms with van der Waals surface area (Å²) in [4.78, 5) is 29.2. The molecule has 1 saturated heterocycles. The molecule has 140 valence electrons. The lowest BCUT2D eigenvalue weighted by atomic mass is 10.1. The van der Waals surface area contributed by atoms with Gasteiger partial charge in [0.2, 0.25) is 0 Å². The number of fused-ring (bicyclic) bond motifs is 1. The van der Waals surface area contributed by atoms with Gasteiger partial charge in [-0.3, -0.25) is 9.59 Å². The maximum Gasteiger partial charge on any atom is 0.265 e. The molecule has 6 nitrogen and oxygen atoms in total. The number of furan rings is 1. The highest BCUT2D eigenvalue weighted by Gasteiger charge is 2.35. The van der Waals surface area contributed by atoms with Crippen molar-refractivity contribution in [3.05, 3.63) is 54.5 Å². The van der Waals surface area contributed by atoms with Crippen LogP contribution in [-0.4, -0.2) is 42.5 Å². The van der Waals surface area contributed by atoms with E-state index in [0.29, 0.717) is 17.2 Å². The van der Waals surface area contributed by atoms with E-state index in [2.05, 4.69) is 0 Å². The maximum atomic E-state index is 12.9. The molecule has 3 heterocycles. The number of likely N-dealkylation sites (tertiary alicyclic amines) is 1. The molecule has 1 atom stereocenters. The molecule has 1 aromatic heterocycles. The van der Waals surface area contributed by atoms with Crippen LogP contribution < -0.4 is 9.64 Å². The molecule has 0 radical (unpaired) electrons. The van der Waals surface area contributed by atoms with Gasteiger partial charge in [-0.25, -0.2) is 0 Å². The molecule has 2 amide bonds. The van der Waals surface area contributed by atoms with Crippen LogP contribution in [0.1, 0.15) is 25.0 Å². The first-order valence-electron chi connectivity index (χ1n) is 9.30. The summed E-state index contributed by atoms with van der Waals surface area (Å²) in [6, 6.07) is 10.9. The molecule has 0 spiro atoms. The van der Waals surface area contributed by atoms with Crippen LogP contribution in [0.4, 0.5) is 5.69 Å². The van der Waals surface area contributed by atoms with E-state index in [1.54, 1.807) is 35.4 Å². The minimum absolute atomic E-state index is 0.0444. The average molecular weight is 366 g/mol. The second-order valence-corrected chi connectivity index (χ2v) is 6.76. The SMILES string of the molecule is O=C(C1CN(C(=O)C=Cc2ccco2)c2ccccc2O1)N1CCCCC1. The first-order valence-corrected chi connectivity index (χ1v) is 9.30. The topological polar surface area (TPSA) is 63.0 Å². The summed E-state index contributed by atoms with van der Waals surface area (Å²) in [7, 11) is 0. The fourth-order valence-corrected chi connectivity index (χ4v) is 3.52. The number of benzene rings is 1. The Morgan fingerprint density at radius 3 is 2.63 bits per heavy atom. The average Bonchev–Trinajstić information content (AvgIpc) is 3.25. The van der Waals surface area contributed by atoms with E-state index in [0.717, 1.165) is 32.4 Å². The normalized spacial score (nSPS) is 19.6. The minimum Gasteiger partial charge on any atom is -0.476 e. The van der Waals surface area contributed by atoms with Gasteiger partial charge in [0, 0.05) is 19.2 Å². The molecule has 0 aliphatic carbocycles. The standard InChI is InChI=1S/C21H22N2O4/c24-20(11-10-16-7-6-14-26-16)23-15-19(21(25)22-12-4-1-5-13-22)27-18-9-3-2-8-17(18)23/h2-3,6-11,14,19H,1,4-5,12-13,15H2. The van der Waals surface area contributed by atoms with Crippen molar-refractivity contribution in [2.75, 3.05) is 24.5 Å². The highest BCUT2D eigenvalue weighted by Crippen LogP contribution is 2.34. The second-order valence-electron chi connectivity index (χ2n) is 6.76. The van der Waals surface area contributed by atoms with Crippen molar-refractivity contribution >= 4 is 23.6 Å². The van der Waals surface area contributed by atoms with E-state index in [4.69, 9.17) is 9.15 Å². The lowest BCUT2D eigenvalue weighted by Gasteiger charge is -2.37. The van der Waals surface area contributed by atoms with E-state index < -0.39 is 6.10 Å². The van der Waals surface area contributed by atoms with Crippen LogP contribution in [0.15, 0.2) is 53.2 Å². The van der Waals surface area contributed by atoms with E-state index in [1.807, 2.05) is 23.1 Å². The van der Waals surface area contributed by atoms with Crippen molar-refractivity contribution in [1.29, 1.82) is 0 Å². The van der Waals surface area contributed by atoms with Gasteiger partial charge >= 0.3 is 0 Å². The maximum absolute atomic E-state index is 12.9. The van der Waals surface area contributed by atoms with Gasteiger partial charge in [0.15, 0.2) is 6.10 Å². The summed E-state index contributed by atoms with van der Waals surface area (Å²) in [5.41, 5.74) is 0.675. The molecule has 2 aliphatic rings. The van der Waals surface area contributed by atoms with Crippen molar-refractivity contribution in [2.45, 2.75) is 25.4 Å². The quantitative estimate of drug-likeness (QED) is 0.783. The lowest BCUT2D eigenvalue weighted by Crippen LogP contribution is -2.52. The molecule has 1 fully saturated rings. The van der Waals surface area contributed by atoms with Crippen LogP contribution in [0, 0.1) is 0 Å². The third-order valence-corrected chi connectivity index (χ3v) is 4.92. The number of carbonyl (C=O) groups excluding carboxylic acids is 2. The summed E-state index contributed by atoms with van der Waals surface area (Å²) in [5.74, 6) is 0.903. The van der Waals surface area contributed by atoms with Gasteiger partial charge in [-0.05, 0) is 49.6 Å². The first-order chi connectivity index (χ1) is 13.2. The number of ether oxygens (including phenoxy) is 1. The van der Waals surface area contributed by atoms with Crippen molar-refractivity contribution in [2.24, 2.45) is 0 Å². The van der Waals surface area contributed by atoms with Crippen molar-refractivity contribution < 1.29 is 18.7 Å². The number of nitrogens with zero attached hydrogens (tertiary/aromatic N) is 2. The Hall–Kier alpha value is -3.02.